The molecule has 0 aliphatic rings. The number of fused-ring (bicyclic) bond motifs is 1. The van der Waals surface area contributed by atoms with Crippen LogP contribution in [0.2, 0.25) is 0 Å². The quantitative estimate of drug-likeness (QED) is 0.664. The van der Waals surface area contributed by atoms with E-state index in [1.54, 1.807) is 0 Å². The van der Waals surface area contributed by atoms with Gasteiger partial charge in [0.15, 0.2) is 0 Å². The molecule has 6 heteroatoms. The molecule has 0 aliphatic heterocycles. The summed E-state index contributed by atoms with van der Waals surface area (Å²) in [5.41, 5.74) is 2.66. The summed E-state index contributed by atoms with van der Waals surface area (Å²) in [4.78, 5) is 21.1. The van der Waals surface area contributed by atoms with Crippen molar-refractivity contribution in [3.8, 4) is 0 Å². The van der Waals surface area contributed by atoms with Gasteiger partial charge in [0.25, 0.3) is 0 Å². The topological polar surface area (TPSA) is 78.5 Å². The van der Waals surface area contributed by atoms with E-state index in [2.05, 4.69) is 27.2 Å². The van der Waals surface area contributed by atoms with Crippen molar-refractivity contribution in [1.82, 2.24) is 24.8 Å². The van der Waals surface area contributed by atoms with Gasteiger partial charge in [-0.1, -0.05) is 6.07 Å². The molecule has 110 valence electrons. The molecular formula is C15H19N5O. The fourth-order valence-corrected chi connectivity index (χ4v) is 2.48. The first kappa shape index (κ1) is 13.6. The minimum Gasteiger partial charge on any atom is -0.338 e. The largest absolute Gasteiger partial charge is 0.338 e. The molecule has 0 saturated carbocycles. The lowest BCUT2D eigenvalue weighted by Crippen LogP contribution is -2.22. The van der Waals surface area contributed by atoms with Crippen LogP contribution in [0.4, 0.5) is 0 Å². The summed E-state index contributed by atoms with van der Waals surface area (Å²) in [7, 11) is 2.00. The van der Waals surface area contributed by atoms with Gasteiger partial charge in [-0.2, -0.15) is 0 Å². The van der Waals surface area contributed by atoms with Crippen LogP contribution in [-0.2, 0) is 13.5 Å². The van der Waals surface area contributed by atoms with Crippen LogP contribution in [0.25, 0.3) is 11.0 Å². The highest BCUT2D eigenvalue weighted by atomic mass is 16.1. The number of imidazole rings is 2. The van der Waals surface area contributed by atoms with Crippen molar-refractivity contribution in [3.05, 3.63) is 52.5 Å². The average molecular weight is 285 g/mol. The number of nitrogens with zero attached hydrogens (tertiary/aromatic N) is 2. The fourth-order valence-electron chi connectivity index (χ4n) is 2.48. The van der Waals surface area contributed by atoms with E-state index in [1.807, 2.05) is 42.2 Å². The van der Waals surface area contributed by atoms with E-state index in [-0.39, 0.29) is 11.7 Å². The lowest BCUT2D eigenvalue weighted by Gasteiger charge is -2.14. The summed E-state index contributed by atoms with van der Waals surface area (Å²) in [6, 6.07) is 6.18. The predicted molar refractivity (Wildman–Crippen MR) is 82.2 cm³/mol. The first-order valence-electron chi connectivity index (χ1n) is 7.05. The molecule has 2 aromatic heterocycles. The second kappa shape index (κ2) is 5.57. The lowest BCUT2D eigenvalue weighted by atomic mass is 10.1. The molecular weight excluding hydrogens is 266 g/mol. The molecule has 3 rings (SSSR count). The Bertz CT molecular complexity index is 798. The maximum absolute atomic E-state index is 11.3. The number of aryl methyl sites for hydroxylation is 1. The molecule has 1 unspecified atom stereocenters. The van der Waals surface area contributed by atoms with Gasteiger partial charge in [-0.15, -0.1) is 0 Å². The van der Waals surface area contributed by atoms with E-state index >= 15 is 0 Å². The van der Waals surface area contributed by atoms with E-state index in [0.29, 0.717) is 0 Å². The summed E-state index contributed by atoms with van der Waals surface area (Å²) < 4.78 is 2.03. The van der Waals surface area contributed by atoms with Crippen molar-refractivity contribution in [3.63, 3.8) is 0 Å². The Morgan fingerprint density at radius 2 is 2.14 bits per heavy atom. The molecule has 1 atom stereocenters. The minimum atomic E-state index is -0.169. The van der Waals surface area contributed by atoms with Gasteiger partial charge in [-0.05, 0) is 24.6 Å². The first-order valence-corrected chi connectivity index (χ1v) is 7.05. The molecule has 0 radical (unpaired) electrons. The Hall–Kier alpha value is -2.34. The Balaban J connectivity index is 1.64. The standard InChI is InChI=1S/C15H19N5O/c1-10(16-6-5-14-17-7-8-20(14)2)11-3-4-12-13(9-11)19-15(21)18-12/h3-4,7-10,16H,5-6H2,1-2H3,(H2,18,19,21). The minimum absolute atomic E-state index is 0.169. The van der Waals surface area contributed by atoms with Crippen molar-refractivity contribution in [1.29, 1.82) is 0 Å². The van der Waals surface area contributed by atoms with Crippen LogP contribution in [-0.4, -0.2) is 26.1 Å². The molecule has 0 aliphatic carbocycles. The molecule has 1 aromatic carbocycles. The zero-order chi connectivity index (χ0) is 14.8. The predicted octanol–water partition coefficient (Wildman–Crippen LogP) is 1.48. The maximum Gasteiger partial charge on any atom is 0.323 e. The Labute approximate surface area is 122 Å². The van der Waals surface area contributed by atoms with Gasteiger partial charge in [0, 0.05) is 38.4 Å². The van der Waals surface area contributed by atoms with Gasteiger partial charge in [0.2, 0.25) is 0 Å². The van der Waals surface area contributed by atoms with Crippen molar-refractivity contribution in [2.75, 3.05) is 6.54 Å². The van der Waals surface area contributed by atoms with E-state index in [4.69, 9.17) is 0 Å². The van der Waals surface area contributed by atoms with Gasteiger partial charge >= 0.3 is 5.69 Å². The van der Waals surface area contributed by atoms with Crippen molar-refractivity contribution in [2.24, 2.45) is 7.05 Å². The summed E-state index contributed by atoms with van der Waals surface area (Å²) >= 11 is 0. The Morgan fingerprint density at radius 1 is 1.33 bits per heavy atom. The highest BCUT2D eigenvalue weighted by Gasteiger charge is 2.07. The molecule has 0 fully saturated rings. The number of H-pyrrole nitrogens is 2. The zero-order valence-corrected chi connectivity index (χ0v) is 12.2. The van der Waals surface area contributed by atoms with Crippen LogP contribution in [0.15, 0.2) is 35.4 Å². The van der Waals surface area contributed by atoms with Crippen LogP contribution >= 0.6 is 0 Å². The molecule has 0 bridgehead atoms. The molecule has 2 heterocycles. The van der Waals surface area contributed by atoms with Gasteiger partial charge in [-0.25, -0.2) is 9.78 Å². The van der Waals surface area contributed by atoms with Crippen molar-refractivity contribution in [2.45, 2.75) is 19.4 Å². The molecule has 0 saturated heterocycles. The maximum atomic E-state index is 11.3. The molecule has 21 heavy (non-hydrogen) atoms. The van der Waals surface area contributed by atoms with E-state index in [0.717, 1.165) is 35.4 Å². The third-order valence-electron chi connectivity index (χ3n) is 3.76. The number of hydrogen-bond donors (Lipinski definition) is 3. The number of nitrogens with one attached hydrogen (secondary N) is 3. The molecule has 6 nitrogen and oxygen atoms in total. The van der Waals surface area contributed by atoms with Crippen LogP contribution < -0.4 is 11.0 Å². The number of benzene rings is 1. The number of aromatic amines is 2. The highest BCUT2D eigenvalue weighted by Crippen LogP contribution is 2.16. The highest BCUT2D eigenvalue weighted by molar-refractivity contribution is 5.75. The summed E-state index contributed by atoms with van der Waals surface area (Å²) in [6.07, 6.45) is 4.65. The Morgan fingerprint density at radius 3 is 2.90 bits per heavy atom. The van der Waals surface area contributed by atoms with Crippen LogP contribution in [0, 0.1) is 0 Å². The second-order valence-corrected chi connectivity index (χ2v) is 5.26. The van der Waals surface area contributed by atoms with Crippen LogP contribution in [0.1, 0.15) is 24.4 Å². The van der Waals surface area contributed by atoms with E-state index in [1.165, 1.54) is 0 Å². The van der Waals surface area contributed by atoms with Gasteiger partial charge in [0.05, 0.1) is 11.0 Å². The lowest BCUT2D eigenvalue weighted by molar-refractivity contribution is 0.565. The normalized spacial score (nSPS) is 12.9. The number of hydrogen-bond acceptors (Lipinski definition) is 3. The van der Waals surface area contributed by atoms with E-state index < -0.39 is 0 Å². The van der Waals surface area contributed by atoms with Gasteiger partial charge < -0.3 is 19.9 Å². The summed E-state index contributed by atoms with van der Waals surface area (Å²) in [5, 5.41) is 3.48. The van der Waals surface area contributed by atoms with E-state index in [9.17, 15) is 4.79 Å². The second-order valence-electron chi connectivity index (χ2n) is 5.26. The zero-order valence-electron chi connectivity index (χ0n) is 12.2. The monoisotopic (exact) mass is 285 g/mol. The first-order chi connectivity index (χ1) is 10.1. The van der Waals surface area contributed by atoms with Crippen molar-refractivity contribution >= 4 is 11.0 Å². The van der Waals surface area contributed by atoms with Crippen LogP contribution in [0.3, 0.4) is 0 Å². The van der Waals surface area contributed by atoms with Gasteiger partial charge in [-0.3, -0.25) is 0 Å². The SMILES string of the molecule is CC(NCCc1nccn1C)c1ccc2[nH]c(=O)[nH]c2c1. The molecule has 0 spiro atoms. The van der Waals surface area contributed by atoms with Gasteiger partial charge in [0.1, 0.15) is 5.82 Å². The Kier molecular flexibility index (Phi) is 3.62. The third-order valence-corrected chi connectivity index (χ3v) is 3.76. The third kappa shape index (κ3) is 2.90. The smallest absolute Gasteiger partial charge is 0.323 e. The number of aromatic nitrogens is 4. The molecule has 3 aromatic rings. The summed E-state index contributed by atoms with van der Waals surface area (Å²) in [5.74, 6) is 1.07. The summed E-state index contributed by atoms with van der Waals surface area (Å²) in [6.45, 7) is 2.97. The number of rotatable bonds is 5. The average Bonchev–Trinajstić information content (AvgIpc) is 3.02. The fraction of sp³-hybridized carbons (Fsp3) is 0.333. The van der Waals surface area contributed by atoms with Crippen molar-refractivity contribution < 1.29 is 0 Å². The van der Waals surface area contributed by atoms with Crippen LogP contribution in [0.5, 0.6) is 0 Å². The molecule has 0 amide bonds. The molecule has 3 N–H and O–H groups in total.